The Balaban J connectivity index is 2.03. The lowest BCUT2D eigenvalue weighted by molar-refractivity contribution is 0.171. The number of benzene rings is 1. The van der Waals surface area contributed by atoms with Gasteiger partial charge in [0.1, 0.15) is 24.0 Å². The summed E-state index contributed by atoms with van der Waals surface area (Å²) in [5.74, 6) is 2.17. The molecular weight excluding hydrogens is 236 g/mol. The van der Waals surface area contributed by atoms with Crippen molar-refractivity contribution in [2.45, 2.75) is 6.92 Å². The van der Waals surface area contributed by atoms with Crippen molar-refractivity contribution >= 4 is 17.2 Å². The topological polar surface area (TPSA) is 57.4 Å². The van der Waals surface area contributed by atoms with Crippen LogP contribution in [-0.2, 0) is 0 Å². The molecule has 0 saturated heterocycles. The second-order valence-corrected chi connectivity index (χ2v) is 5.02. The second kappa shape index (κ2) is 3.92. The molecule has 3 rings (SSSR count). The maximum absolute atomic E-state index is 5.76. The molecule has 0 fully saturated rings. The highest BCUT2D eigenvalue weighted by molar-refractivity contribution is 7.15. The van der Waals surface area contributed by atoms with Crippen molar-refractivity contribution in [2.24, 2.45) is 0 Å². The molecule has 0 amide bonds. The predicted molar refractivity (Wildman–Crippen MR) is 67.7 cm³/mol. The molecule has 88 valence electrons. The monoisotopic (exact) mass is 248 g/mol. The molecule has 0 unspecified atom stereocenters. The van der Waals surface area contributed by atoms with Gasteiger partial charge >= 0.3 is 0 Å². The number of nitrogens with zero attached hydrogens (tertiary/aromatic N) is 1. The van der Waals surface area contributed by atoms with Gasteiger partial charge in [-0.25, -0.2) is 4.98 Å². The van der Waals surface area contributed by atoms with Crippen LogP contribution in [0.1, 0.15) is 4.88 Å². The number of hydrogen-bond donors (Lipinski definition) is 1. The number of thiazole rings is 1. The van der Waals surface area contributed by atoms with E-state index >= 15 is 0 Å². The highest BCUT2D eigenvalue weighted by Crippen LogP contribution is 2.36. The maximum Gasteiger partial charge on any atom is 0.162 e. The molecule has 1 aromatic heterocycles. The first-order valence-corrected chi connectivity index (χ1v) is 6.18. The lowest BCUT2D eigenvalue weighted by atomic mass is 10.2. The fourth-order valence-electron chi connectivity index (χ4n) is 1.71. The molecule has 0 spiro atoms. The number of hydrogen-bond acceptors (Lipinski definition) is 5. The van der Waals surface area contributed by atoms with E-state index < -0.39 is 0 Å². The third-order valence-electron chi connectivity index (χ3n) is 2.62. The molecule has 0 radical (unpaired) electrons. The van der Waals surface area contributed by atoms with E-state index in [-0.39, 0.29) is 0 Å². The Morgan fingerprint density at radius 3 is 2.71 bits per heavy atom. The molecule has 1 aliphatic rings. The molecular formula is C12H12N2O2S. The Labute approximate surface area is 103 Å². The zero-order chi connectivity index (χ0) is 11.8. The van der Waals surface area contributed by atoms with Crippen LogP contribution in [0.15, 0.2) is 18.2 Å². The summed E-state index contributed by atoms with van der Waals surface area (Å²) < 4.78 is 11.0. The zero-order valence-electron chi connectivity index (χ0n) is 9.40. The average molecular weight is 248 g/mol. The van der Waals surface area contributed by atoms with Crippen LogP contribution in [0.5, 0.6) is 11.5 Å². The quantitative estimate of drug-likeness (QED) is 0.842. The number of ether oxygens (including phenoxy) is 2. The molecule has 0 aliphatic carbocycles. The highest BCUT2D eigenvalue weighted by Gasteiger charge is 2.14. The van der Waals surface area contributed by atoms with Gasteiger partial charge in [0, 0.05) is 10.4 Å². The Hall–Kier alpha value is -1.75. The van der Waals surface area contributed by atoms with Crippen LogP contribution in [0.4, 0.5) is 5.82 Å². The fourth-order valence-corrected chi connectivity index (χ4v) is 2.54. The maximum atomic E-state index is 5.76. The summed E-state index contributed by atoms with van der Waals surface area (Å²) in [4.78, 5) is 5.37. The SMILES string of the molecule is Cc1sc(-c2ccc3c(c2)OCCO3)nc1N. The van der Waals surface area contributed by atoms with Gasteiger partial charge in [-0.15, -0.1) is 11.3 Å². The van der Waals surface area contributed by atoms with Gasteiger partial charge in [0.2, 0.25) is 0 Å². The predicted octanol–water partition coefficient (Wildman–Crippen LogP) is 2.47. The van der Waals surface area contributed by atoms with E-state index in [1.165, 1.54) is 0 Å². The molecule has 1 aromatic carbocycles. The van der Waals surface area contributed by atoms with Crippen LogP contribution in [0, 0.1) is 6.92 Å². The normalized spacial score (nSPS) is 13.7. The van der Waals surface area contributed by atoms with Crippen LogP contribution in [0.25, 0.3) is 10.6 Å². The average Bonchev–Trinajstić information content (AvgIpc) is 2.69. The third-order valence-corrected chi connectivity index (χ3v) is 3.66. The molecule has 4 nitrogen and oxygen atoms in total. The van der Waals surface area contributed by atoms with Gasteiger partial charge in [-0.3, -0.25) is 0 Å². The van der Waals surface area contributed by atoms with Crippen molar-refractivity contribution in [3.63, 3.8) is 0 Å². The summed E-state index contributed by atoms with van der Waals surface area (Å²) in [6.07, 6.45) is 0. The van der Waals surface area contributed by atoms with E-state index in [0.29, 0.717) is 19.0 Å². The number of fused-ring (bicyclic) bond motifs is 1. The molecule has 17 heavy (non-hydrogen) atoms. The second-order valence-electron chi connectivity index (χ2n) is 3.82. The van der Waals surface area contributed by atoms with Crippen molar-refractivity contribution in [1.82, 2.24) is 4.98 Å². The molecule has 2 aromatic rings. The van der Waals surface area contributed by atoms with Crippen LogP contribution >= 0.6 is 11.3 Å². The zero-order valence-corrected chi connectivity index (χ0v) is 10.2. The summed E-state index contributed by atoms with van der Waals surface area (Å²) in [7, 11) is 0. The van der Waals surface area contributed by atoms with Gasteiger partial charge in [-0.1, -0.05) is 0 Å². The minimum atomic E-state index is 0.593. The third kappa shape index (κ3) is 1.82. The molecule has 0 bridgehead atoms. The van der Waals surface area contributed by atoms with Crippen LogP contribution in [0.2, 0.25) is 0 Å². The van der Waals surface area contributed by atoms with Crippen molar-refractivity contribution in [3.05, 3.63) is 23.1 Å². The van der Waals surface area contributed by atoms with Gasteiger partial charge in [0.05, 0.1) is 0 Å². The van der Waals surface area contributed by atoms with Crippen molar-refractivity contribution in [2.75, 3.05) is 18.9 Å². The summed E-state index contributed by atoms with van der Waals surface area (Å²) in [6.45, 7) is 3.17. The molecule has 0 atom stereocenters. The summed E-state index contributed by atoms with van der Waals surface area (Å²) in [5.41, 5.74) is 6.77. The number of nitrogens with two attached hydrogens (primary N) is 1. The van der Waals surface area contributed by atoms with Crippen LogP contribution < -0.4 is 15.2 Å². The van der Waals surface area contributed by atoms with E-state index in [9.17, 15) is 0 Å². The van der Waals surface area contributed by atoms with Gasteiger partial charge < -0.3 is 15.2 Å². The van der Waals surface area contributed by atoms with E-state index in [0.717, 1.165) is 26.9 Å². The molecule has 0 saturated carbocycles. The Morgan fingerprint density at radius 1 is 1.24 bits per heavy atom. The standard InChI is InChI=1S/C12H12N2O2S/c1-7-11(13)14-12(17-7)8-2-3-9-10(6-8)16-5-4-15-9/h2-3,6H,4-5,13H2,1H3. The van der Waals surface area contributed by atoms with Crippen LogP contribution in [0.3, 0.4) is 0 Å². The largest absolute Gasteiger partial charge is 0.486 e. The van der Waals surface area contributed by atoms with Crippen molar-refractivity contribution in [3.8, 4) is 22.1 Å². The van der Waals surface area contributed by atoms with Gasteiger partial charge in [-0.05, 0) is 25.1 Å². The Bertz CT molecular complexity index is 546. The van der Waals surface area contributed by atoms with E-state index in [2.05, 4.69) is 4.98 Å². The van der Waals surface area contributed by atoms with Crippen molar-refractivity contribution in [1.29, 1.82) is 0 Å². The summed E-state index contributed by atoms with van der Waals surface area (Å²) in [6, 6.07) is 5.84. The Kier molecular flexibility index (Phi) is 2.40. The highest BCUT2D eigenvalue weighted by atomic mass is 32.1. The van der Waals surface area contributed by atoms with Crippen molar-refractivity contribution < 1.29 is 9.47 Å². The first-order valence-electron chi connectivity index (χ1n) is 5.37. The van der Waals surface area contributed by atoms with Gasteiger partial charge in [0.25, 0.3) is 0 Å². The molecule has 2 N–H and O–H groups in total. The number of nitrogen functional groups attached to an aromatic ring is 1. The molecule has 1 aliphatic heterocycles. The van der Waals surface area contributed by atoms with Crippen LogP contribution in [-0.4, -0.2) is 18.2 Å². The van der Waals surface area contributed by atoms with E-state index in [4.69, 9.17) is 15.2 Å². The van der Waals surface area contributed by atoms with E-state index in [1.54, 1.807) is 11.3 Å². The molecule has 5 heteroatoms. The molecule has 2 heterocycles. The smallest absolute Gasteiger partial charge is 0.162 e. The first-order chi connectivity index (χ1) is 8.24. The van der Waals surface area contributed by atoms with E-state index in [1.807, 2.05) is 25.1 Å². The lowest BCUT2D eigenvalue weighted by Gasteiger charge is -2.18. The van der Waals surface area contributed by atoms with Gasteiger partial charge in [-0.2, -0.15) is 0 Å². The minimum absolute atomic E-state index is 0.593. The summed E-state index contributed by atoms with van der Waals surface area (Å²) >= 11 is 1.59. The lowest BCUT2D eigenvalue weighted by Crippen LogP contribution is -2.15. The Morgan fingerprint density at radius 2 is 2.00 bits per heavy atom. The summed E-state index contributed by atoms with van der Waals surface area (Å²) in [5, 5.41) is 0.914. The number of rotatable bonds is 1. The number of anilines is 1. The first kappa shape index (κ1) is 10.4. The number of aryl methyl sites for hydroxylation is 1. The fraction of sp³-hybridized carbons (Fsp3) is 0.250. The number of aromatic nitrogens is 1. The van der Waals surface area contributed by atoms with Gasteiger partial charge in [0.15, 0.2) is 11.5 Å². The minimum Gasteiger partial charge on any atom is -0.486 e.